The van der Waals surface area contributed by atoms with Gasteiger partial charge in [-0.1, -0.05) is 78.6 Å². The van der Waals surface area contributed by atoms with Crippen molar-refractivity contribution in [2.24, 2.45) is 11.7 Å². The smallest absolute Gasteiger partial charge is 0.322 e. The molecule has 0 aliphatic carbocycles. The van der Waals surface area contributed by atoms with E-state index in [0.29, 0.717) is 18.9 Å². The normalized spacial score (nSPS) is 12.6. The van der Waals surface area contributed by atoms with Crippen LogP contribution in [0.1, 0.15) is 91.4 Å². The number of unbranched alkanes of at least 4 members (excludes halogenated alkanes) is 9. The van der Waals surface area contributed by atoms with E-state index in [-0.39, 0.29) is 5.97 Å². The lowest BCUT2D eigenvalue weighted by Crippen LogP contribution is -2.33. The lowest BCUT2D eigenvalue weighted by Gasteiger charge is -2.13. The van der Waals surface area contributed by atoms with E-state index in [1.54, 1.807) is 0 Å². The quantitative estimate of drug-likeness (QED) is 0.369. The van der Waals surface area contributed by atoms with E-state index in [9.17, 15) is 4.79 Å². The predicted octanol–water partition coefficient (Wildman–Crippen LogP) is 4.82. The molecule has 0 saturated carbocycles. The van der Waals surface area contributed by atoms with Gasteiger partial charge in [0, 0.05) is 0 Å². The third-order valence-corrected chi connectivity index (χ3v) is 3.77. The highest BCUT2D eigenvalue weighted by molar-refractivity contribution is 5.75. The molecule has 2 N–H and O–H groups in total. The molecule has 1 atom stereocenters. The van der Waals surface area contributed by atoms with Crippen LogP contribution in [0, 0.1) is 5.92 Å². The van der Waals surface area contributed by atoms with Crippen molar-refractivity contribution in [3.8, 4) is 0 Å². The van der Waals surface area contributed by atoms with Gasteiger partial charge in [0.25, 0.3) is 0 Å². The summed E-state index contributed by atoms with van der Waals surface area (Å²) >= 11 is 0. The maximum atomic E-state index is 11.6. The molecule has 0 heterocycles. The molecule has 0 bridgehead atoms. The molecule has 126 valence electrons. The van der Waals surface area contributed by atoms with Crippen LogP contribution in [0.4, 0.5) is 0 Å². The van der Waals surface area contributed by atoms with Gasteiger partial charge in [-0.3, -0.25) is 4.79 Å². The zero-order valence-corrected chi connectivity index (χ0v) is 14.5. The van der Waals surface area contributed by atoms with Gasteiger partial charge in [-0.15, -0.1) is 0 Å². The zero-order chi connectivity index (χ0) is 15.9. The number of esters is 1. The summed E-state index contributed by atoms with van der Waals surface area (Å²) in [6.07, 6.45) is 13.6. The largest absolute Gasteiger partial charge is 0.465 e. The van der Waals surface area contributed by atoms with Gasteiger partial charge in [0.15, 0.2) is 0 Å². The van der Waals surface area contributed by atoms with E-state index in [1.165, 1.54) is 51.4 Å². The van der Waals surface area contributed by atoms with Crippen molar-refractivity contribution >= 4 is 5.97 Å². The standard InChI is InChI=1S/C18H37NO2/c1-4-5-6-7-8-9-10-11-12-13-14-21-18(20)17(19)15-16(2)3/h16-17H,4-15,19H2,1-3H3/t17-/m1/s1. The Morgan fingerprint density at radius 2 is 1.38 bits per heavy atom. The van der Waals surface area contributed by atoms with Gasteiger partial charge in [0.2, 0.25) is 0 Å². The second-order valence-corrected chi connectivity index (χ2v) is 6.59. The highest BCUT2D eigenvalue weighted by atomic mass is 16.5. The molecule has 0 saturated heterocycles. The summed E-state index contributed by atoms with van der Waals surface area (Å²) in [6.45, 7) is 6.91. The molecule has 21 heavy (non-hydrogen) atoms. The molecule has 0 radical (unpaired) electrons. The zero-order valence-electron chi connectivity index (χ0n) is 14.5. The van der Waals surface area contributed by atoms with Crippen LogP contribution < -0.4 is 5.73 Å². The number of carbonyl (C=O) groups is 1. The van der Waals surface area contributed by atoms with Crippen LogP contribution in [0.15, 0.2) is 0 Å². The van der Waals surface area contributed by atoms with Gasteiger partial charge in [-0.25, -0.2) is 0 Å². The lowest BCUT2D eigenvalue weighted by atomic mass is 10.0. The van der Waals surface area contributed by atoms with Crippen molar-refractivity contribution in [2.45, 2.75) is 97.4 Å². The van der Waals surface area contributed by atoms with E-state index >= 15 is 0 Å². The van der Waals surface area contributed by atoms with Crippen molar-refractivity contribution in [2.75, 3.05) is 6.61 Å². The summed E-state index contributed by atoms with van der Waals surface area (Å²) in [5.41, 5.74) is 5.77. The minimum atomic E-state index is -0.451. The minimum Gasteiger partial charge on any atom is -0.465 e. The summed E-state index contributed by atoms with van der Waals surface area (Å²) in [5.74, 6) is 0.199. The number of carbonyl (C=O) groups excluding carboxylic acids is 1. The maximum absolute atomic E-state index is 11.6. The molecule has 0 aliphatic heterocycles. The summed E-state index contributed by atoms with van der Waals surface area (Å²) in [4.78, 5) is 11.6. The fraction of sp³-hybridized carbons (Fsp3) is 0.944. The molecule has 3 nitrogen and oxygen atoms in total. The Morgan fingerprint density at radius 1 is 0.905 bits per heavy atom. The van der Waals surface area contributed by atoms with Crippen LogP contribution in [0.5, 0.6) is 0 Å². The van der Waals surface area contributed by atoms with Crippen LogP contribution in [-0.4, -0.2) is 18.6 Å². The van der Waals surface area contributed by atoms with E-state index in [0.717, 1.165) is 12.8 Å². The topological polar surface area (TPSA) is 52.3 Å². The number of ether oxygens (including phenoxy) is 1. The van der Waals surface area contributed by atoms with Crippen LogP contribution in [0.3, 0.4) is 0 Å². The first-order chi connectivity index (χ1) is 10.1. The average Bonchev–Trinajstić information content (AvgIpc) is 2.43. The highest BCUT2D eigenvalue weighted by Gasteiger charge is 2.15. The van der Waals surface area contributed by atoms with Gasteiger partial charge in [-0.2, -0.15) is 0 Å². The number of rotatable bonds is 14. The van der Waals surface area contributed by atoms with Crippen LogP contribution in [0.2, 0.25) is 0 Å². The van der Waals surface area contributed by atoms with Crippen molar-refractivity contribution in [3.05, 3.63) is 0 Å². The van der Waals surface area contributed by atoms with Crippen molar-refractivity contribution in [1.82, 2.24) is 0 Å². The SMILES string of the molecule is CCCCCCCCCCCCOC(=O)[C@H](N)CC(C)C. The van der Waals surface area contributed by atoms with Crippen LogP contribution >= 0.6 is 0 Å². The molecule has 0 rings (SSSR count). The third-order valence-electron chi connectivity index (χ3n) is 3.77. The third kappa shape index (κ3) is 14.1. The van der Waals surface area contributed by atoms with Gasteiger partial charge < -0.3 is 10.5 Å². The molecule has 0 aliphatic rings. The fourth-order valence-electron chi connectivity index (χ4n) is 2.47. The van der Waals surface area contributed by atoms with E-state index in [4.69, 9.17) is 10.5 Å². The molecule has 0 amide bonds. The Labute approximate surface area is 132 Å². The Kier molecular flexibility index (Phi) is 14.0. The number of hydrogen-bond donors (Lipinski definition) is 1. The molecule has 0 aromatic carbocycles. The average molecular weight is 299 g/mol. The first kappa shape index (κ1) is 20.4. The van der Waals surface area contributed by atoms with Gasteiger partial charge in [0.1, 0.15) is 6.04 Å². The van der Waals surface area contributed by atoms with Crippen LogP contribution in [0.25, 0.3) is 0 Å². The van der Waals surface area contributed by atoms with Crippen molar-refractivity contribution in [1.29, 1.82) is 0 Å². The first-order valence-corrected chi connectivity index (χ1v) is 9.00. The molecule has 3 heteroatoms. The van der Waals surface area contributed by atoms with Gasteiger partial charge in [0.05, 0.1) is 6.61 Å². The Balaban J connectivity index is 3.26. The first-order valence-electron chi connectivity index (χ1n) is 9.00. The van der Waals surface area contributed by atoms with Crippen LogP contribution in [-0.2, 0) is 9.53 Å². The van der Waals surface area contributed by atoms with E-state index < -0.39 is 6.04 Å². The summed E-state index contributed by atoms with van der Waals surface area (Å²) in [7, 11) is 0. The Bertz CT molecular complexity index is 241. The Morgan fingerprint density at radius 3 is 1.86 bits per heavy atom. The minimum absolute atomic E-state index is 0.236. The van der Waals surface area contributed by atoms with Crippen molar-refractivity contribution < 1.29 is 9.53 Å². The monoisotopic (exact) mass is 299 g/mol. The summed E-state index contributed by atoms with van der Waals surface area (Å²) in [5, 5.41) is 0. The molecule has 0 unspecified atom stereocenters. The van der Waals surface area contributed by atoms with Crippen molar-refractivity contribution in [3.63, 3.8) is 0 Å². The van der Waals surface area contributed by atoms with E-state index in [2.05, 4.69) is 20.8 Å². The molecule has 0 aromatic heterocycles. The second kappa shape index (κ2) is 14.4. The molecular weight excluding hydrogens is 262 g/mol. The predicted molar refractivity (Wildman–Crippen MR) is 90.2 cm³/mol. The molecule has 0 aromatic rings. The van der Waals surface area contributed by atoms with Gasteiger partial charge in [-0.05, 0) is 18.8 Å². The molecule has 0 spiro atoms. The highest BCUT2D eigenvalue weighted by Crippen LogP contribution is 2.10. The maximum Gasteiger partial charge on any atom is 0.322 e. The van der Waals surface area contributed by atoms with Gasteiger partial charge >= 0.3 is 5.97 Å². The van der Waals surface area contributed by atoms with E-state index in [1.807, 2.05) is 0 Å². The Hall–Kier alpha value is -0.570. The fourth-order valence-corrected chi connectivity index (χ4v) is 2.47. The molecule has 0 fully saturated rings. The lowest BCUT2D eigenvalue weighted by molar-refractivity contribution is -0.145. The second-order valence-electron chi connectivity index (χ2n) is 6.59. The number of hydrogen-bond acceptors (Lipinski definition) is 3. The summed E-state index contributed by atoms with van der Waals surface area (Å²) < 4.78 is 5.21. The summed E-state index contributed by atoms with van der Waals surface area (Å²) in [6, 6.07) is -0.451. The number of nitrogens with two attached hydrogens (primary N) is 1. The molecular formula is C18H37NO2.